The zero-order chi connectivity index (χ0) is 20.7. The normalized spacial score (nSPS) is 17.4. The second-order valence-electron chi connectivity index (χ2n) is 7.22. The van der Waals surface area contributed by atoms with Gasteiger partial charge in [0, 0.05) is 21.2 Å². The number of hydrogen-bond acceptors (Lipinski definition) is 2. The molecule has 0 N–H and O–H groups in total. The summed E-state index contributed by atoms with van der Waals surface area (Å²) in [7, 11) is 1.62. The monoisotopic (exact) mass is 460 g/mol. The van der Waals surface area contributed by atoms with Crippen LogP contribution in [0.3, 0.4) is 0 Å². The van der Waals surface area contributed by atoms with Gasteiger partial charge in [-0.2, -0.15) is 0 Å². The molecule has 0 unspecified atom stereocenters. The van der Waals surface area contributed by atoms with Crippen molar-refractivity contribution in [3.8, 4) is 11.5 Å². The maximum absolute atomic E-state index is 15.0. The van der Waals surface area contributed by atoms with E-state index in [4.69, 9.17) is 9.47 Å². The fraction of sp³-hybridized carbons (Fsp3) is 0.0769. The molecule has 2 nitrogen and oxygen atoms in total. The van der Waals surface area contributed by atoms with Gasteiger partial charge in [-0.1, -0.05) is 58.4 Å². The molecule has 0 fully saturated rings. The predicted molar refractivity (Wildman–Crippen MR) is 121 cm³/mol. The van der Waals surface area contributed by atoms with E-state index in [0.29, 0.717) is 11.3 Å². The van der Waals surface area contributed by atoms with E-state index in [-0.39, 0.29) is 5.82 Å². The highest BCUT2D eigenvalue weighted by Gasteiger charge is 2.39. The van der Waals surface area contributed by atoms with Gasteiger partial charge >= 0.3 is 0 Å². The number of benzene rings is 4. The van der Waals surface area contributed by atoms with Gasteiger partial charge in [-0.15, -0.1) is 0 Å². The van der Waals surface area contributed by atoms with E-state index in [1.807, 2.05) is 60.7 Å². The van der Waals surface area contributed by atoms with Crippen LogP contribution in [0.2, 0.25) is 0 Å². The Balaban J connectivity index is 1.73. The molecule has 5 rings (SSSR count). The minimum absolute atomic E-state index is 0.314. The average molecular weight is 461 g/mol. The van der Waals surface area contributed by atoms with E-state index in [1.54, 1.807) is 19.2 Å². The summed E-state index contributed by atoms with van der Waals surface area (Å²) in [5.41, 5.74) is 1.20. The topological polar surface area (TPSA) is 18.5 Å². The fourth-order valence-electron chi connectivity index (χ4n) is 4.03. The van der Waals surface area contributed by atoms with Gasteiger partial charge in [-0.3, -0.25) is 0 Å². The molecule has 1 atom stereocenters. The molecule has 0 radical (unpaired) electrons. The third-order valence-corrected chi connectivity index (χ3v) is 6.03. The number of halogens is 2. The Morgan fingerprint density at radius 2 is 1.73 bits per heavy atom. The molecule has 4 aromatic rings. The lowest BCUT2D eigenvalue weighted by Crippen LogP contribution is -2.35. The number of fused-ring (bicyclic) bond motifs is 3. The molecule has 0 saturated carbocycles. The second kappa shape index (κ2) is 7.29. The van der Waals surface area contributed by atoms with Crippen LogP contribution in [0.15, 0.2) is 89.4 Å². The van der Waals surface area contributed by atoms with E-state index in [1.165, 1.54) is 6.07 Å². The Labute approximate surface area is 182 Å². The van der Waals surface area contributed by atoms with Crippen LogP contribution in [-0.4, -0.2) is 7.11 Å². The van der Waals surface area contributed by atoms with E-state index >= 15 is 0 Å². The molecule has 1 aliphatic rings. The van der Waals surface area contributed by atoms with Gasteiger partial charge in [-0.25, -0.2) is 4.39 Å². The van der Waals surface area contributed by atoms with Crippen LogP contribution in [0.25, 0.3) is 16.8 Å². The third kappa shape index (κ3) is 2.99. The SMILES string of the molecule is COc1ccc([C@@]2(c3ccccc3F)C=Cc3c(ccc4cc(Br)ccc34)O2)cc1. The van der Waals surface area contributed by atoms with E-state index < -0.39 is 5.60 Å². The molecule has 0 saturated heterocycles. The van der Waals surface area contributed by atoms with Crippen LogP contribution in [0.5, 0.6) is 11.5 Å². The summed E-state index contributed by atoms with van der Waals surface area (Å²) in [5.74, 6) is 1.14. The fourth-order valence-corrected chi connectivity index (χ4v) is 4.41. The molecule has 30 heavy (non-hydrogen) atoms. The molecule has 1 aliphatic heterocycles. The van der Waals surface area contributed by atoms with Crippen LogP contribution in [0.1, 0.15) is 16.7 Å². The molecular weight excluding hydrogens is 443 g/mol. The van der Waals surface area contributed by atoms with Crippen LogP contribution in [-0.2, 0) is 5.60 Å². The van der Waals surface area contributed by atoms with Gasteiger partial charge in [0.05, 0.1) is 7.11 Å². The Kier molecular flexibility index (Phi) is 4.59. The molecule has 0 spiro atoms. The first-order valence-corrected chi connectivity index (χ1v) is 10.4. The number of ether oxygens (including phenoxy) is 2. The average Bonchev–Trinajstić information content (AvgIpc) is 2.78. The van der Waals surface area contributed by atoms with Crippen molar-refractivity contribution >= 4 is 32.8 Å². The van der Waals surface area contributed by atoms with Gasteiger partial charge in [0.2, 0.25) is 0 Å². The maximum Gasteiger partial charge on any atom is 0.180 e. The standard InChI is InChI=1S/C26H18BrFO2/c1-29-20-10-7-18(8-11-20)26(23-4-2-3-5-24(23)28)15-14-22-21-12-9-19(27)16-17(21)6-13-25(22)30-26/h2-16H,1H3/t26-/m1/s1. The van der Waals surface area contributed by atoms with Gasteiger partial charge in [-0.05, 0) is 59.3 Å². The first kappa shape index (κ1) is 18.9. The van der Waals surface area contributed by atoms with Crippen LogP contribution in [0, 0.1) is 5.82 Å². The summed E-state index contributed by atoms with van der Waals surface area (Å²) >= 11 is 3.53. The highest BCUT2D eigenvalue weighted by atomic mass is 79.9. The maximum atomic E-state index is 15.0. The minimum atomic E-state index is -1.08. The van der Waals surface area contributed by atoms with Crippen LogP contribution < -0.4 is 9.47 Å². The highest BCUT2D eigenvalue weighted by molar-refractivity contribution is 9.10. The van der Waals surface area contributed by atoms with Crippen molar-refractivity contribution in [2.45, 2.75) is 5.60 Å². The van der Waals surface area contributed by atoms with E-state index in [9.17, 15) is 4.39 Å². The van der Waals surface area contributed by atoms with Gasteiger partial charge in [0.1, 0.15) is 17.3 Å². The summed E-state index contributed by atoms with van der Waals surface area (Å²) in [5, 5.41) is 2.20. The summed E-state index contributed by atoms with van der Waals surface area (Å²) in [4.78, 5) is 0. The van der Waals surface area contributed by atoms with E-state index in [0.717, 1.165) is 32.1 Å². The van der Waals surface area contributed by atoms with Crippen molar-refractivity contribution in [3.63, 3.8) is 0 Å². The van der Waals surface area contributed by atoms with Gasteiger partial charge in [0.15, 0.2) is 5.60 Å². The first-order valence-electron chi connectivity index (χ1n) is 9.61. The summed E-state index contributed by atoms with van der Waals surface area (Å²) < 4.78 is 27.9. The quantitative estimate of drug-likeness (QED) is 0.324. The second-order valence-corrected chi connectivity index (χ2v) is 8.14. The summed E-state index contributed by atoms with van der Waals surface area (Å²) in [6, 6.07) is 24.4. The van der Waals surface area contributed by atoms with E-state index in [2.05, 4.69) is 28.1 Å². The summed E-state index contributed by atoms with van der Waals surface area (Å²) in [6.07, 6.45) is 3.97. The van der Waals surface area contributed by atoms with Gasteiger partial charge < -0.3 is 9.47 Å². The van der Waals surface area contributed by atoms with Crippen molar-refractivity contribution < 1.29 is 13.9 Å². The van der Waals surface area contributed by atoms with Gasteiger partial charge in [0.25, 0.3) is 0 Å². The molecule has 4 aromatic carbocycles. The van der Waals surface area contributed by atoms with Crippen molar-refractivity contribution in [2.75, 3.05) is 7.11 Å². The molecule has 0 aliphatic carbocycles. The highest BCUT2D eigenvalue weighted by Crippen LogP contribution is 2.45. The number of methoxy groups -OCH3 is 1. The third-order valence-electron chi connectivity index (χ3n) is 5.53. The molecule has 1 heterocycles. The Morgan fingerprint density at radius 3 is 2.50 bits per heavy atom. The lowest BCUT2D eigenvalue weighted by Gasteiger charge is -2.36. The largest absolute Gasteiger partial charge is 0.497 e. The molecule has 0 bridgehead atoms. The van der Waals surface area contributed by atoms with Crippen molar-refractivity contribution in [2.24, 2.45) is 0 Å². The molecular formula is C26H18BrFO2. The Bertz CT molecular complexity index is 1280. The predicted octanol–water partition coefficient (Wildman–Crippen LogP) is 7.10. The Morgan fingerprint density at radius 1 is 0.933 bits per heavy atom. The van der Waals surface area contributed by atoms with Crippen LogP contribution in [0.4, 0.5) is 4.39 Å². The minimum Gasteiger partial charge on any atom is -0.497 e. The van der Waals surface area contributed by atoms with Crippen molar-refractivity contribution in [1.29, 1.82) is 0 Å². The number of hydrogen-bond donors (Lipinski definition) is 0. The zero-order valence-electron chi connectivity index (χ0n) is 16.2. The zero-order valence-corrected chi connectivity index (χ0v) is 17.8. The Hall–Kier alpha value is -3.11. The van der Waals surface area contributed by atoms with Crippen molar-refractivity contribution in [1.82, 2.24) is 0 Å². The number of rotatable bonds is 3. The van der Waals surface area contributed by atoms with Crippen LogP contribution >= 0.6 is 15.9 Å². The lowest BCUT2D eigenvalue weighted by atomic mass is 9.83. The lowest BCUT2D eigenvalue weighted by molar-refractivity contribution is 0.156. The van der Waals surface area contributed by atoms with Crippen molar-refractivity contribution in [3.05, 3.63) is 112 Å². The summed E-state index contributed by atoms with van der Waals surface area (Å²) in [6.45, 7) is 0. The molecule has 148 valence electrons. The first-order chi connectivity index (χ1) is 14.6. The molecule has 0 aromatic heterocycles. The smallest absolute Gasteiger partial charge is 0.180 e. The molecule has 4 heteroatoms. The molecule has 0 amide bonds.